The quantitative estimate of drug-likeness (QED) is 0.653. The summed E-state index contributed by atoms with van der Waals surface area (Å²) in [6.45, 7) is 1.85. The molecule has 0 bridgehead atoms. The number of aromatic nitrogens is 2. The zero-order chi connectivity index (χ0) is 12.4. The number of pyridine rings is 2. The van der Waals surface area contributed by atoms with Crippen LogP contribution < -0.4 is 5.73 Å². The van der Waals surface area contributed by atoms with Gasteiger partial charge in [0.15, 0.2) is 5.78 Å². The summed E-state index contributed by atoms with van der Waals surface area (Å²) in [5, 5.41) is 0.273. The van der Waals surface area contributed by atoms with E-state index in [1.165, 1.54) is 12.3 Å². The van der Waals surface area contributed by atoms with Gasteiger partial charge in [-0.15, -0.1) is 0 Å². The van der Waals surface area contributed by atoms with Crippen molar-refractivity contribution in [3.8, 4) is 0 Å². The highest BCUT2D eigenvalue weighted by atomic mass is 35.5. The molecular weight excluding hydrogens is 238 g/mol. The van der Waals surface area contributed by atoms with Gasteiger partial charge in [-0.25, -0.2) is 9.97 Å². The van der Waals surface area contributed by atoms with Crippen LogP contribution in [0.3, 0.4) is 0 Å². The molecule has 0 unspecified atom stereocenters. The van der Waals surface area contributed by atoms with Crippen molar-refractivity contribution in [3.05, 3.63) is 52.4 Å². The molecule has 0 aromatic carbocycles. The van der Waals surface area contributed by atoms with Crippen LogP contribution >= 0.6 is 11.6 Å². The fourth-order valence-electron chi connectivity index (χ4n) is 1.46. The molecule has 0 aliphatic heterocycles. The average Bonchev–Trinajstić information content (AvgIpc) is 2.31. The van der Waals surface area contributed by atoms with Gasteiger partial charge in [-0.3, -0.25) is 4.79 Å². The van der Waals surface area contributed by atoms with E-state index >= 15 is 0 Å². The summed E-state index contributed by atoms with van der Waals surface area (Å²) in [5.41, 5.74) is 7.39. The first-order valence-electron chi connectivity index (χ1n) is 4.96. The number of aryl methyl sites for hydroxylation is 1. The molecule has 2 heterocycles. The Hall–Kier alpha value is -1.94. The molecule has 0 atom stereocenters. The van der Waals surface area contributed by atoms with Crippen molar-refractivity contribution in [2.24, 2.45) is 0 Å². The largest absolute Gasteiger partial charge is 0.383 e. The molecule has 0 saturated carbocycles. The Kier molecular flexibility index (Phi) is 3.06. The highest BCUT2D eigenvalue weighted by Crippen LogP contribution is 2.17. The molecule has 4 nitrogen and oxygen atoms in total. The number of carbonyl (C=O) groups excluding carboxylic acids is 1. The summed E-state index contributed by atoms with van der Waals surface area (Å²) < 4.78 is 0. The predicted octanol–water partition coefficient (Wildman–Crippen LogP) is 2.25. The number of nitrogens with zero attached hydrogens (tertiary/aromatic N) is 2. The minimum atomic E-state index is -0.206. The molecule has 0 fully saturated rings. The van der Waals surface area contributed by atoms with Crippen LogP contribution in [0.25, 0.3) is 0 Å². The maximum atomic E-state index is 12.2. The first-order chi connectivity index (χ1) is 8.08. The summed E-state index contributed by atoms with van der Waals surface area (Å²) in [5.74, 6) is 0.0107. The first kappa shape index (κ1) is 11.5. The third kappa shape index (κ3) is 2.42. The minimum Gasteiger partial charge on any atom is -0.383 e. The fraction of sp³-hybridized carbons (Fsp3) is 0.0833. The lowest BCUT2D eigenvalue weighted by Gasteiger charge is -2.05. The zero-order valence-corrected chi connectivity index (χ0v) is 9.90. The summed E-state index contributed by atoms with van der Waals surface area (Å²) in [4.78, 5) is 19.9. The number of anilines is 1. The van der Waals surface area contributed by atoms with Crippen molar-refractivity contribution in [2.75, 3.05) is 5.73 Å². The monoisotopic (exact) mass is 247 g/mol. The van der Waals surface area contributed by atoms with Crippen molar-refractivity contribution >= 4 is 23.2 Å². The van der Waals surface area contributed by atoms with Crippen LogP contribution in [-0.4, -0.2) is 15.8 Å². The van der Waals surface area contributed by atoms with E-state index < -0.39 is 0 Å². The third-order valence-corrected chi connectivity index (χ3v) is 2.50. The smallest absolute Gasteiger partial charge is 0.196 e. The van der Waals surface area contributed by atoms with Gasteiger partial charge in [-0.05, 0) is 30.7 Å². The SMILES string of the molecule is Cc1cnc(N)c(C(=O)c2ccnc(Cl)c2)c1. The van der Waals surface area contributed by atoms with E-state index in [0.29, 0.717) is 11.1 Å². The van der Waals surface area contributed by atoms with Crippen molar-refractivity contribution in [1.29, 1.82) is 0 Å². The molecule has 0 aliphatic carbocycles. The number of nitrogen functional groups attached to an aromatic ring is 1. The number of carbonyl (C=O) groups is 1. The lowest BCUT2D eigenvalue weighted by atomic mass is 10.0. The molecule has 2 N–H and O–H groups in total. The zero-order valence-electron chi connectivity index (χ0n) is 9.14. The Morgan fingerprint density at radius 1 is 1.35 bits per heavy atom. The molecule has 0 amide bonds. The van der Waals surface area contributed by atoms with E-state index in [1.807, 2.05) is 6.92 Å². The standard InChI is InChI=1S/C12H10ClN3O/c1-7-4-9(12(14)16-6-7)11(17)8-2-3-15-10(13)5-8/h2-6H,1H3,(H2,14,16). The molecule has 0 spiro atoms. The van der Waals surface area contributed by atoms with Crippen molar-refractivity contribution in [3.63, 3.8) is 0 Å². The van der Waals surface area contributed by atoms with Crippen LogP contribution in [0.4, 0.5) is 5.82 Å². The number of rotatable bonds is 2. The van der Waals surface area contributed by atoms with Crippen molar-refractivity contribution < 1.29 is 4.79 Å². The van der Waals surface area contributed by atoms with E-state index in [4.69, 9.17) is 17.3 Å². The lowest BCUT2D eigenvalue weighted by Crippen LogP contribution is -2.07. The number of hydrogen-bond acceptors (Lipinski definition) is 4. The van der Waals surface area contributed by atoms with E-state index in [9.17, 15) is 4.79 Å². The molecule has 0 aliphatic rings. The van der Waals surface area contributed by atoms with Crippen LogP contribution in [0.5, 0.6) is 0 Å². The maximum absolute atomic E-state index is 12.2. The molecule has 2 aromatic heterocycles. The van der Waals surface area contributed by atoms with Crippen molar-refractivity contribution in [2.45, 2.75) is 6.92 Å². The Morgan fingerprint density at radius 2 is 2.12 bits per heavy atom. The van der Waals surface area contributed by atoms with Gasteiger partial charge < -0.3 is 5.73 Å². The summed E-state index contributed by atoms with van der Waals surface area (Å²) in [6, 6.07) is 4.81. The maximum Gasteiger partial charge on any atom is 0.196 e. The molecule has 5 heteroatoms. The topological polar surface area (TPSA) is 68.9 Å². The molecule has 2 aromatic rings. The van der Waals surface area contributed by atoms with Crippen LogP contribution in [0, 0.1) is 6.92 Å². The number of ketones is 1. The predicted molar refractivity (Wildman–Crippen MR) is 66.1 cm³/mol. The van der Waals surface area contributed by atoms with E-state index in [2.05, 4.69) is 9.97 Å². The summed E-state index contributed by atoms with van der Waals surface area (Å²) in [6.07, 6.45) is 3.10. The lowest BCUT2D eigenvalue weighted by molar-refractivity contribution is 0.103. The Balaban J connectivity index is 2.47. The van der Waals surface area contributed by atoms with Gasteiger partial charge in [0.1, 0.15) is 11.0 Å². The van der Waals surface area contributed by atoms with Crippen molar-refractivity contribution in [1.82, 2.24) is 9.97 Å². The second-order valence-electron chi connectivity index (χ2n) is 3.64. The van der Waals surface area contributed by atoms with E-state index in [0.717, 1.165) is 5.56 Å². The first-order valence-corrected chi connectivity index (χ1v) is 5.34. The molecule has 0 radical (unpaired) electrons. The number of hydrogen-bond donors (Lipinski definition) is 1. The van der Waals surface area contributed by atoms with Crippen LogP contribution in [0.1, 0.15) is 21.5 Å². The normalized spacial score (nSPS) is 10.2. The van der Waals surface area contributed by atoms with Crippen LogP contribution in [-0.2, 0) is 0 Å². The van der Waals surface area contributed by atoms with E-state index in [1.54, 1.807) is 18.3 Å². The number of nitrogens with two attached hydrogens (primary N) is 1. The average molecular weight is 248 g/mol. The highest BCUT2D eigenvalue weighted by molar-refractivity contribution is 6.30. The minimum absolute atomic E-state index is 0.206. The van der Waals surface area contributed by atoms with Gasteiger partial charge in [-0.2, -0.15) is 0 Å². The van der Waals surface area contributed by atoms with Crippen LogP contribution in [0.2, 0.25) is 5.15 Å². The number of halogens is 1. The van der Waals surface area contributed by atoms with Gasteiger partial charge in [0.25, 0.3) is 0 Å². The molecular formula is C12H10ClN3O. The third-order valence-electron chi connectivity index (χ3n) is 2.29. The second kappa shape index (κ2) is 4.51. The second-order valence-corrected chi connectivity index (χ2v) is 4.03. The molecule has 0 saturated heterocycles. The Bertz CT molecular complexity index is 584. The van der Waals surface area contributed by atoms with Gasteiger partial charge in [0.2, 0.25) is 0 Å². The van der Waals surface area contributed by atoms with Gasteiger partial charge in [-0.1, -0.05) is 11.6 Å². The summed E-state index contributed by atoms with van der Waals surface area (Å²) >= 11 is 5.74. The Labute approximate surface area is 103 Å². The molecule has 86 valence electrons. The van der Waals surface area contributed by atoms with Gasteiger partial charge in [0.05, 0.1) is 5.56 Å². The Morgan fingerprint density at radius 3 is 2.82 bits per heavy atom. The van der Waals surface area contributed by atoms with Gasteiger partial charge in [0, 0.05) is 18.0 Å². The molecule has 17 heavy (non-hydrogen) atoms. The van der Waals surface area contributed by atoms with Crippen LogP contribution in [0.15, 0.2) is 30.6 Å². The summed E-state index contributed by atoms with van der Waals surface area (Å²) in [7, 11) is 0. The van der Waals surface area contributed by atoms with Gasteiger partial charge >= 0.3 is 0 Å². The molecule has 2 rings (SSSR count). The fourth-order valence-corrected chi connectivity index (χ4v) is 1.63. The van der Waals surface area contributed by atoms with E-state index in [-0.39, 0.29) is 16.8 Å². The highest BCUT2D eigenvalue weighted by Gasteiger charge is 2.13.